The van der Waals surface area contributed by atoms with Crippen LogP contribution in [-0.4, -0.2) is 18.2 Å². The molecule has 0 aliphatic rings. The van der Waals surface area contributed by atoms with Crippen LogP contribution >= 0.6 is 0 Å². The number of pyridine rings is 1. The van der Waals surface area contributed by atoms with E-state index in [1.165, 1.54) is 30.5 Å². The maximum atomic E-state index is 14.3. The molecule has 3 aromatic rings. The smallest absolute Gasteiger partial charge is 0.200 e. The van der Waals surface area contributed by atoms with Crippen LogP contribution in [0.1, 0.15) is 20.3 Å². The van der Waals surface area contributed by atoms with Crippen molar-refractivity contribution in [3.63, 3.8) is 0 Å². The van der Waals surface area contributed by atoms with E-state index in [2.05, 4.69) is 4.98 Å². The number of fused-ring (bicyclic) bond motifs is 1. The van der Waals surface area contributed by atoms with Crippen molar-refractivity contribution in [3.8, 4) is 22.6 Å². The van der Waals surface area contributed by atoms with E-state index in [9.17, 15) is 13.6 Å². The van der Waals surface area contributed by atoms with Gasteiger partial charge in [-0.15, -0.1) is 0 Å². The summed E-state index contributed by atoms with van der Waals surface area (Å²) in [5, 5.41) is -0.106. The van der Waals surface area contributed by atoms with Crippen LogP contribution in [0.3, 0.4) is 0 Å². The van der Waals surface area contributed by atoms with E-state index in [0.29, 0.717) is 30.0 Å². The lowest BCUT2D eigenvalue weighted by Gasteiger charge is -2.11. The number of hydrogen-bond acceptors (Lipinski definition) is 3. The predicted octanol–water partition coefficient (Wildman–Crippen LogP) is 4.66. The second-order valence-corrected chi connectivity index (χ2v) is 5.75. The monoisotopic (exact) mass is 359 g/mol. The summed E-state index contributed by atoms with van der Waals surface area (Å²) in [5.74, 6) is -0.720. The van der Waals surface area contributed by atoms with Crippen molar-refractivity contribution in [2.75, 3.05) is 13.2 Å². The minimum atomic E-state index is -0.654. The zero-order valence-electron chi connectivity index (χ0n) is 14.6. The van der Waals surface area contributed by atoms with E-state index >= 15 is 0 Å². The summed E-state index contributed by atoms with van der Waals surface area (Å²) in [6.07, 6.45) is 2.23. The molecule has 0 amide bonds. The van der Waals surface area contributed by atoms with E-state index < -0.39 is 17.1 Å². The molecule has 0 saturated carbocycles. The summed E-state index contributed by atoms with van der Waals surface area (Å²) in [5.41, 5.74) is 0.278. The molecule has 0 aliphatic heterocycles. The predicted molar refractivity (Wildman–Crippen MR) is 96.9 cm³/mol. The van der Waals surface area contributed by atoms with Crippen LogP contribution in [0.5, 0.6) is 11.5 Å². The van der Waals surface area contributed by atoms with E-state index in [4.69, 9.17) is 9.47 Å². The number of halogens is 2. The van der Waals surface area contributed by atoms with Crippen molar-refractivity contribution in [1.29, 1.82) is 0 Å². The Bertz CT molecular complexity index is 998. The second kappa shape index (κ2) is 7.56. The molecule has 26 heavy (non-hydrogen) atoms. The lowest BCUT2D eigenvalue weighted by Crippen LogP contribution is -2.10. The van der Waals surface area contributed by atoms with Gasteiger partial charge in [-0.05, 0) is 43.2 Å². The van der Waals surface area contributed by atoms with Crippen molar-refractivity contribution in [2.45, 2.75) is 20.3 Å². The lowest BCUT2D eigenvalue weighted by molar-refractivity contribution is 0.320. The van der Waals surface area contributed by atoms with Gasteiger partial charge >= 0.3 is 0 Å². The van der Waals surface area contributed by atoms with Crippen LogP contribution in [0.15, 0.2) is 41.3 Å². The second-order valence-electron chi connectivity index (χ2n) is 5.75. The molecule has 1 N–H and O–H groups in total. The number of rotatable bonds is 6. The third kappa shape index (κ3) is 3.27. The summed E-state index contributed by atoms with van der Waals surface area (Å²) >= 11 is 0. The Morgan fingerprint density at radius 1 is 1.00 bits per heavy atom. The lowest BCUT2D eigenvalue weighted by atomic mass is 10.0. The Morgan fingerprint density at radius 2 is 1.77 bits per heavy atom. The number of hydrogen-bond donors (Lipinski definition) is 1. The Balaban J connectivity index is 2.14. The van der Waals surface area contributed by atoms with Gasteiger partial charge in [-0.1, -0.05) is 13.0 Å². The molecule has 0 unspecified atom stereocenters. The maximum absolute atomic E-state index is 14.3. The minimum absolute atomic E-state index is 0.106. The first kappa shape index (κ1) is 17.9. The Hall–Kier alpha value is -2.89. The van der Waals surface area contributed by atoms with E-state index in [1.54, 1.807) is 13.0 Å². The standard InChI is InChI=1S/C20H19F2NO3/c1-3-9-26-17-8-6-14(21)18-19(17)23-11-13(20(18)24)12-5-7-16(25-4-2)15(22)10-12/h5-8,10-11H,3-4,9H2,1-2H3,(H,23,24). The molecule has 0 fully saturated rings. The van der Waals surface area contributed by atoms with Gasteiger partial charge in [0, 0.05) is 11.8 Å². The SMILES string of the molecule is CCCOc1ccc(F)c2c(=O)c(-c3ccc(OCC)c(F)c3)c[nH]c12. The van der Waals surface area contributed by atoms with Crippen molar-refractivity contribution in [3.05, 3.63) is 58.4 Å². The number of aromatic nitrogens is 1. The molecule has 1 heterocycles. The zero-order chi connectivity index (χ0) is 18.7. The largest absolute Gasteiger partial charge is 0.491 e. The molecule has 136 valence electrons. The summed E-state index contributed by atoms with van der Waals surface area (Å²) < 4.78 is 39.2. The van der Waals surface area contributed by atoms with Crippen LogP contribution in [0.25, 0.3) is 22.0 Å². The first-order chi connectivity index (χ1) is 12.6. The summed E-state index contributed by atoms with van der Waals surface area (Å²) in [4.78, 5) is 15.7. The normalized spacial score (nSPS) is 10.9. The molecule has 1 aromatic heterocycles. The first-order valence-corrected chi connectivity index (χ1v) is 8.46. The molecule has 3 rings (SSSR count). The Morgan fingerprint density at radius 3 is 2.46 bits per heavy atom. The van der Waals surface area contributed by atoms with Gasteiger partial charge in [-0.2, -0.15) is 0 Å². The molecule has 0 spiro atoms. The highest BCUT2D eigenvalue weighted by Gasteiger charge is 2.16. The molecule has 4 nitrogen and oxygen atoms in total. The van der Waals surface area contributed by atoms with Crippen LogP contribution in [0.2, 0.25) is 0 Å². The van der Waals surface area contributed by atoms with Crippen molar-refractivity contribution < 1.29 is 18.3 Å². The highest BCUT2D eigenvalue weighted by Crippen LogP contribution is 2.28. The number of H-pyrrole nitrogens is 1. The highest BCUT2D eigenvalue weighted by atomic mass is 19.1. The quantitative estimate of drug-likeness (QED) is 0.696. The number of ether oxygens (including phenoxy) is 2. The van der Waals surface area contributed by atoms with Crippen LogP contribution in [0.4, 0.5) is 8.78 Å². The topological polar surface area (TPSA) is 51.3 Å². The Labute approximate surface area is 149 Å². The summed E-state index contributed by atoms with van der Waals surface area (Å²) in [7, 11) is 0. The fourth-order valence-corrected chi connectivity index (χ4v) is 2.76. The fraction of sp³-hybridized carbons (Fsp3) is 0.250. The minimum Gasteiger partial charge on any atom is -0.491 e. The van der Waals surface area contributed by atoms with E-state index in [-0.39, 0.29) is 16.7 Å². The number of aromatic amines is 1. The highest BCUT2D eigenvalue weighted by molar-refractivity contribution is 5.88. The van der Waals surface area contributed by atoms with Gasteiger partial charge < -0.3 is 14.5 Å². The number of benzene rings is 2. The molecule has 0 aliphatic carbocycles. The molecule has 0 saturated heterocycles. The van der Waals surface area contributed by atoms with Gasteiger partial charge in [0.1, 0.15) is 11.6 Å². The van der Waals surface area contributed by atoms with Gasteiger partial charge in [-0.3, -0.25) is 4.79 Å². The van der Waals surface area contributed by atoms with Gasteiger partial charge in [0.25, 0.3) is 0 Å². The molecular formula is C20H19F2NO3. The van der Waals surface area contributed by atoms with Gasteiger partial charge in [-0.25, -0.2) is 8.78 Å². The molecule has 0 atom stereocenters. The molecule has 2 aromatic carbocycles. The van der Waals surface area contributed by atoms with Gasteiger partial charge in [0.05, 0.1) is 24.1 Å². The molecular weight excluding hydrogens is 340 g/mol. The third-order valence-electron chi connectivity index (χ3n) is 3.95. The third-order valence-corrected chi connectivity index (χ3v) is 3.95. The van der Waals surface area contributed by atoms with Crippen molar-refractivity contribution in [1.82, 2.24) is 4.98 Å². The average molecular weight is 359 g/mol. The van der Waals surface area contributed by atoms with E-state index in [0.717, 1.165) is 6.42 Å². The van der Waals surface area contributed by atoms with Crippen molar-refractivity contribution >= 4 is 10.9 Å². The maximum Gasteiger partial charge on any atom is 0.200 e. The molecule has 0 radical (unpaired) electrons. The van der Waals surface area contributed by atoms with Gasteiger partial charge in [0.15, 0.2) is 17.0 Å². The molecule has 0 bridgehead atoms. The van der Waals surface area contributed by atoms with Crippen LogP contribution in [-0.2, 0) is 0 Å². The average Bonchev–Trinajstić information content (AvgIpc) is 2.63. The zero-order valence-corrected chi connectivity index (χ0v) is 14.6. The molecule has 6 heteroatoms. The van der Waals surface area contributed by atoms with Crippen LogP contribution in [0, 0.1) is 11.6 Å². The first-order valence-electron chi connectivity index (χ1n) is 8.46. The number of nitrogens with one attached hydrogen (secondary N) is 1. The van der Waals surface area contributed by atoms with Crippen LogP contribution < -0.4 is 14.9 Å². The van der Waals surface area contributed by atoms with Crippen molar-refractivity contribution in [2.24, 2.45) is 0 Å². The summed E-state index contributed by atoms with van der Waals surface area (Å²) in [6.45, 7) is 4.49. The fourth-order valence-electron chi connectivity index (χ4n) is 2.76. The van der Waals surface area contributed by atoms with Gasteiger partial charge in [0.2, 0.25) is 0 Å². The van der Waals surface area contributed by atoms with E-state index in [1.807, 2.05) is 6.92 Å². The Kier molecular flexibility index (Phi) is 5.21. The summed E-state index contributed by atoms with van der Waals surface area (Å²) in [6, 6.07) is 6.91.